The van der Waals surface area contributed by atoms with Gasteiger partial charge in [0.2, 0.25) is 0 Å². The van der Waals surface area contributed by atoms with E-state index in [-0.39, 0.29) is 12.3 Å². The Balaban J connectivity index is 4.32. The minimum Gasteiger partial charge on any atom is -0.459 e. The molecule has 0 aromatic carbocycles. The predicted molar refractivity (Wildman–Crippen MR) is 68.5 cm³/mol. The summed E-state index contributed by atoms with van der Waals surface area (Å²) in [5.74, 6) is -1.13. The Morgan fingerprint density at radius 1 is 1.44 bits per heavy atom. The van der Waals surface area contributed by atoms with Crippen LogP contribution in [0.15, 0.2) is 12.2 Å². The van der Waals surface area contributed by atoms with Crippen molar-refractivity contribution in [1.82, 2.24) is 0 Å². The maximum absolute atomic E-state index is 11.3. The van der Waals surface area contributed by atoms with Gasteiger partial charge >= 0.3 is 5.97 Å². The van der Waals surface area contributed by atoms with Crippen LogP contribution in [0.4, 0.5) is 0 Å². The van der Waals surface area contributed by atoms with Gasteiger partial charge in [-0.25, -0.2) is 4.79 Å². The summed E-state index contributed by atoms with van der Waals surface area (Å²) in [6.45, 7) is 8.44. The Morgan fingerprint density at radius 3 is 2.33 bits per heavy atom. The van der Waals surface area contributed by atoms with Gasteiger partial charge in [0.15, 0.2) is 0 Å². The van der Waals surface area contributed by atoms with Gasteiger partial charge in [0, 0.05) is 17.5 Å². The lowest BCUT2D eigenvalue weighted by Gasteiger charge is -2.25. The maximum Gasteiger partial charge on any atom is 0.333 e. The SMILES string of the molecule is C=C(C)C(=O)OC(C)C(C)C(N)CCS(=O)(=O)O. The first kappa shape index (κ1) is 17.1. The molecule has 3 N–H and O–H groups in total. The zero-order valence-corrected chi connectivity index (χ0v) is 11.7. The fourth-order valence-corrected chi connectivity index (χ4v) is 1.84. The minimum absolute atomic E-state index is 0.106. The second kappa shape index (κ2) is 6.86. The molecule has 0 spiro atoms. The first-order chi connectivity index (χ1) is 8.04. The summed E-state index contributed by atoms with van der Waals surface area (Å²) >= 11 is 0. The highest BCUT2D eigenvalue weighted by atomic mass is 32.2. The van der Waals surface area contributed by atoms with E-state index in [2.05, 4.69) is 6.58 Å². The van der Waals surface area contributed by atoms with Gasteiger partial charge in [0.25, 0.3) is 10.1 Å². The third-order valence-corrected chi connectivity index (χ3v) is 3.52. The van der Waals surface area contributed by atoms with Crippen molar-refractivity contribution >= 4 is 16.1 Å². The van der Waals surface area contributed by atoms with Crippen molar-refractivity contribution in [3.63, 3.8) is 0 Å². The third-order valence-electron chi connectivity index (χ3n) is 2.77. The molecule has 0 aliphatic rings. The Labute approximate surface area is 108 Å². The van der Waals surface area contributed by atoms with Gasteiger partial charge in [-0.05, 0) is 20.3 Å². The molecule has 0 radical (unpaired) electrons. The summed E-state index contributed by atoms with van der Waals surface area (Å²) in [7, 11) is -4.02. The van der Waals surface area contributed by atoms with E-state index in [0.29, 0.717) is 5.57 Å². The molecule has 0 aromatic rings. The van der Waals surface area contributed by atoms with E-state index in [4.69, 9.17) is 15.0 Å². The molecule has 0 saturated heterocycles. The fourth-order valence-electron chi connectivity index (χ4n) is 1.27. The van der Waals surface area contributed by atoms with Gasteiger partial charge < -0.3 is 10.5 Å². The zero-order valence-electron chi connectivity index (χ0n) is 10.9. The Kier molecular flexibility index (Phi) is 6.51. The fraction of sp³-hybridized carbons (Fsp3) is 0.727. The van der Waals surface area contributed by atoms with Crippen LogP contribution in [0.2, 0.25) is 0 Å². The van der Waals surface area contributed by atoms with E-state index in [1.807, 2.05) is 0 Å². The molecule has 18 heavy (non-hydrogen) atoms. The van der Waals surface area contributed by atoms with Crippen molar-refractivity contribution in [1.29, 1.82) is 0 Å². The molecule has 7 heteroatoms. The van der Waals surface area contributed by atoms with E-state index >= 15 is 0 Å². The number of ether oxygens (including phenoxy) is 1. The lowest BCUT2D eigenvalue weighted by Crippen LogP contribution is -2.38. The number of carbonyl (C=O) groups is 1. The number of hydrogen-bond donors (Lipinski definition) is 2. The Morgan fingerprint density at radius 2 is 1.94 bits per heavy atom. The number of rotatable bonds is 7. The number of hydrogen-bond acceptors (Lipinski definition) is 5. The van der Waals surface area contributed by atoms with Crippen LogP contribution in [-0.4, -0.2) is 36.8 Å². The molecule has 0 aliphatic heterocycles. The average Bonchev–Trinajstić information content (AvgIpc) is 2.23. The summed E-state index contributed by atoms with van der Waals surface area (Å²) in [6, 6.07) is -0.486. The van der Waals surface area contributed by atoms with E-state index in [0.717, 1.165) is 0 Å². The molecular weight excluding hydrogens is 258 g/mol. The van der Waals surface area contributed by atoms with Crippen LogP contribution in [0.25, 0.3) is 0 Å². The lowest BCUT2D eigenvalue weighted by atomic mass is 9.95. The smallest absolute Gasteiger partial charge is 0.333 e. The predicted octanol–water partition coefficient (Wildman–Crippen LogP) is 0.735. The molecule has 106 valence electrons. The van der Waals surface area contributed by atoms with Gasteiger partial charge in [-0.15, -0.1) is 0 Å². The standard InChI is InChI=1S/C11H21NO5S/c1-7(2)11(13)17-9(4)8(3)10(12)5-6-18(14,15)16/h8-10H,1,5-6,12H2,2-4H3,(H,14,15,16). The first-order valence-electron chi connectivity index (χ1n) is 5.62. The van der Waals surface area contributed by atoms with Crippen LogP contribution in [0.1, 0.15) is 27.2 Å². The van der Waals surface area contributed by atoms with Crippen LogP contribution in [0.5, 0.6) is 0 Å². The monoisotopic (exact) mass is 279 g/mol. The van der Waals surface area contributed by atoms with Crippen molar-refractivity contribution < 1.29 is 22.5 Å². The largest absolute Gasteiger partial charge is 0.459 e. The summed E-state index contributed by atoms with van der Waals surface area (Å²) < 4.78 is 34.9. The average molecular weight is 279 g/mol. The van der Waals surface area contributed by atoms with Crippen molar-refractivity contribution in [3.05, 3.63) is 12.2 Å². The van der Waals surface area contributed by atoms with Crippen LogP contribution < -0.4 is 5.73 Å². The van der Waals surface area contributed by atoms with E-state index in [1.54, 1.807) is 13.8 Å². The Hall–Kier alpha value is -0.920. The minimum atomic E-state index is -4.02. The van der Waals surface area contributed by atoms with Crippen LogP contribution >= 0.6 is 0 Å². The molecule has 0 rings (SSSR count). The molecule has 6 nitrogen and oxygen atoms in total. The molecule has 0 saturated carbocycles. The second-order valence-corrected chi connectivity index (χ2v) is 6.06. The highest BCUT2D eigenvalue weighted by Crippen LogP contribution is 2.15. The normalized spacial score (nSPS) is 16.7. The number of carbonyl (C=O) groups excluding carboxylic acids is 1. The van der Waals surface area contributed by atoms with Crippen molar-refractivity contribution in [3.8, 4) is 0 Å². The molecule has 3 unspecified atom stereocenters. The van der Waals surface area contributed by atoms with Gasteiger partial charge in [-0.3, -0.25) is 4.55 Å². The third kappa shape index (κ3) is 6.73. The molecule has 0 aliphatic carbocycles. The summed E-state index contributed by atoms with van der Waals surface area (Å²) in [5.41, 5.74) is 6.08. The van der Waals surface area contributed by atoms with Gasteiger partial charge in [-0.2, -0.15) is 8.42 Å². The number of esters is 1. The van der Waals surface area contributed by atoms with Gasteiger partial charge in [0.1, 0.15) is 6.10 Å². The van der Waals surface area contributed by atoms with Crippen LogP contribution in [-0.2, 0) is 19.6 Å². The first-order valence-corrected chi connectivity index (χ1v) is 7.22. The molecule has 3 atom stereocenters. The summed E-state index contributed by atoms with van der Waals surface area (Å²) in [4.78, 5) is 11.3. The second-order valence-electron chi connectivity index (χ2n) is 4.49. The topological polar surface area (TPSA) is 107 Å². The highest BCUT2D eigenvalue weighted by Gasteiger charge is 2.24. The molecule has 0 amide bonds. The van der Waals surface area contributed by atoms with Crippen molar-refractivity contribution in [2.45, 2.75) is 39.3 Å². The molecule has 0 fully saturated rings. The lowest BCUT2D eigenvalue weighted by molar-refractivity contribution is -0.145. The van der Waals surface area contributed by atoms with E-state index < -0.39 is 34.0 Å². The number of nitrogens with two attached hydrogens (primary N) is 1. The van der Waals surface area contributed by atoms with E-state index in [1.165, 1.54) is 6.92 Å². The van der Waals surface area contributed by atoms with Crippen LogP contribution in [0, 0.1) is 5.92 Å². The summed E-state index contributed by atoms with van der Waals surface area (Å²) in [6.07, 6.45) is -0.347. The molecule has 0 bridgehead atoms. The summed E-state index contributed by atoms with van der Waals surface area (Å²) in [5, 5.41) is 0. The molecule has 0 aromatic heterocycles. The molecule has 0 heterocycles. The van der Waals surface area contributed by atoms with Gasteiger partial charge in [0.05, 0.1) is 5.75 Å². The zero-order chi connectivity index (χ0) is 14.5. The Bertz CT molecular complexity index is 404. The van der Waals surface area contributed by atoms with Gasteiger partial charge in [-0.1, -0.05) is 13.5 Å². The highest BCUT2D eigenvalue weighted by molar-refractivity contribution is 7.85. The quantitative estimate of drug-likeness (QED) is 0.404. The maximum atomic E-state index is 11.3. The van der Waals surface area contributed by atoms with E-state index in [9.17, 15) is 13.2 Å². The van der Waals surface area contributed by atoms with Crippen molar-refractivity contribution in [2.75, 3.05) is 5.75 Å². The molecular formula is C11H21NO5S. The van der Waals surface area contributed by atoms with Crippen LogP contribution in [0.3, 0.4) is 0 Å². The van der Waals surface area contributed by atoms with Crippen molar-refractivity contribution in [2.24, 2.45) is 11.7 Å².